The molecular formula is C23H41NO6. The molecule has 0 saturated carbocycles. The molecule has 7 nitrogen and oxygen atoms in total. The first-order valence-electron chi connectivity index (χ1n) is 11.4. The van der Waals surface area contributed by atoms with E-state index < -0.39 is 17.9 Å². The lowest BCUT2D eigenvalue weighted by Gasteiger charge is -2.38. The van der Waals surface area contributed by atoms with Crippen LogP contribution < -0.4 is 5.11 Å². The van der Waals surface area contributed by atoms with Crippen LogP contribution in [0.25, 0.3) is 0 Å². The quantitative estimate of drug-likeness (QED) is 0.165. The molecule has 0 amide bonds. The van der Waals surface area contributed by atoms with Crippen molar-refractivity contribution in [2.24, 2.45) is 0 Å². The molecule has 0 rings (SSSR count). The fourth-order valence-corrected chi connectivity index (χ4v) is 3.64. The Bertz CT molecular complexity index is 472. The molecule has 0 aromatic heterocycles. The number of unbranched alkanes of at least 4 members (excludes halogenated alkanes) is 8. The summed E-state index contributed by atoms with van der Waals surface area (Å²) in [4.78, 5) is 33.0. The molecule has 0 aliphatic heterocycles. The Hall–Kier alpha value is -1.89. The van der Waals surface area contributed by atoms with Crippen LogP contribution in [0.5, 0.6) is 0 Å². The number of nitrogens with zero attached hydrogens (tertiary/aromatic N) is 1. The van der Waals surface area contributed by atoms with E-state index in [4.69, 9.17) is 10.2 Å². The second-order valence-corrected chi connectivity index (χ2v) is 8.17. The van der Waals surface area contributed by atoms with Crippen molar-refractivity contribution < 1.29 is 34.2 Å². The van der Waals surface area contributed by atoms with Crippen LogP contribution in [-0.4, -0.2) is 58.8 Å². The summed E-state index contributed by atoms with van der Waals surface area (Å²) in [5.41, 5.74) is 0. The van der Waals surface area contributed by atoms with Crippen molar-refractivity contribution in [1.82, 2.24) is 0 Å². The van der Waals surface area contributed by atoms with Gasteiger partial charge in [-0.1, -0.05) is 51.2 Å². The minimum absolute atomic E-state index is 0.0988. The molecular weight excluding hydrogens is 386 g/mol. The molecule has 0 radical (unpaired) electrons. The molecule has 0 bridgehead atoms. The van der Waals surface area contributed by atoms with Gasteiger partial charge in [-0.25, -0.2) is 0 Å². The van der Waals surface area contributed by atoms with E-state index in [1.807, 2.05) is 0 Å². The average molecular weight is 428 g/mol. The van der Waals surface area contributed by atoms with Gasteiger partial charge in [0.05, 0.1) is 39.0 Å². The van der Waals surface area contributed by atoms with Crippen LogP contribution in [0.15, 0.2) is 12.2 Å². The van der Waals surface area contributed by atoms with Crippen molar-refractivity contribution >= 4 is 17.9 Å². The van der Waals surface area contributed by atoms with Gasteiger partial charge in [-0.05, 0) is 32.1 Å². The Labute approximate surface area is 181 Å². The summed E-state index contributed by atoms with van der Waals surface area (Å²) in [6, 6.07) is 0. The van der Waals surface area contributed by atoms with Gasteiger partial charge >= 0.3 is 11.9 Å². The van der Waals surface area contributed by atoms with Crippen molar-refractivity contribution in [2.45, 2.75) is 90.4 Å². The van der Waals surface area contributed by atoms with Crippen molar-refractivity contribution in [1.29, 1.82) is 0 Å². The van der Waals surface area contributed by atoms with Gasteiger partial charge in [0.15, 0.2) is 0 Å². The van der Waals surface area contributed by atoms with Gasteiger partial charge in [0.2, 0.25) is 0 Å². The first-order valence-corrected chi connectivity index (χ1v) is 11.4. The summed E-state index contributed by atoms with van der Waals surface area (Å²) in [6.45, 7) is 3.51. The highest BCUT2D eigenvalue weighted by atomic mass is 16.4. The van der Waals surface area contributed by atoms with Gasteiger partial charge in [-0.2, -0.15) is 0 Å². The highest BCUT2D eigenvalue weighted by Gasteiger charge is 2.28. The number of hydrogen-bond acceptors (Lipinski definition) is 4. The van der Waals surface area contributed by atoms with E-state index >= 15 is 0 Å². The maximum Gasteiger partial charge on any atom is 0.309 e. The zero-order valence-corrected chi connectivity index (χ0v) is 18.7. The lowest BCUT2D eigenvalue weighted by Crippen LogP contribution is -2.53. The smallest absolute Gasteiger partial charge is 0.309 e. The molecule has 0 fully saturated rings. The van der Waals surface area contributed by atoms with Gasteiger partial charge < -0.3 is 24.6 Å². The zero-order valence-electron chi connectivity index (χ0n) is 18.7. The number of carboxylic acids is 3. The van der Waals surface area contributed by atoms with Crippen LogP contribution in [-0.2, 0) is 14.4 Å². The monoisotopic (exact) mass is 427 g/mol. The van der Waals surface area contributed by atoms with E-state index in [1.165, 1.54) is 25.7 Å². The molecule has 2 N–H and O–H groups in total. The summed E-state index contributed by atoms with van der Waals surface area (Å²) < 4.78 is 0.217. The number of allylic oxidation sites excluding steroid dienone is 2. The van der Waals surface area contributed by atoms with Crippen LogP contribution in [0.1, 0.15) is 90.4 Å². The van der Waals surface area contributed by atoms with Gasteiger partial charge in [-0.3, -0.25) is 9.59 Å². The molecule has 7 heteroatoms. The molecule has 0 aromatic rings. The van der Waals surface area contributed by atoms with Gasteiger partial charge in [-0.15, -0.1) is 0 Å². The molecule has 0 aliphatic carbocycles. The van der Waals surface area contributed by atoms with E-state index in [9.17, 15) is 19.5 Å². The third-order valence-corrected chi connectivity index (χ3v) is 5.53. The second-order valence-electron chi connectivity index (χ2n) is 8.17. The molecule has 0 unspecified atom stereocenters. The van der Waals surface area contributed by atoms with Gasteiger partial charge in [0.25, 0.3) is 0 Å². The van der Waals surface area contributed by atoms with E-state index in [2.05, 4.69) is 19.1 Å². The molecule has 174 valence electrons. The Morgan fingerprint density at radius 2 is 1.17 bits per heavy atom. The van der Waals surface area contributed by atoms with E-state index in [1.54, 1.807) is 0 Å². The molecule has 30 heavy (non-hydrogen) atoms. The first kappa shape index (κ1) is 28.1. The fourth-order valence-electron chi connectivity index (χ4n) is 3.64. The largest absolute Gasteiger partial charge is 0.550 e. The molecule has 0 spiro atoms. The fraction of sp³-hybridized carbons (Fsp3) is 0.783. The standard InChI is InChI=1S/C23H41NO6/c1-2-3-4-5-6-7-8-9-10-11-12-13-17-24(18-14-21(25)26,19-15-22(27)28)20-16-23(29)30/h5-6H,2-4,7-20H2,1H3,(H2-,25,26,27,28,29,30)/b6-5+. The average Bonchev–Trinajstić information content (AvgIpc) is 2.69. The maximum atomic E-state index is 11.0. The number of rotatable bonds is 21. The topological polar surface area (TPSA) is 115 Å². The zero-order chi connectivity index (χ0) is 22.7. The third kappa shape index (κ3) is 17.0. The van der Waals surface area contributed by atoms with Crippen LogP contribution in [0.2, 0.25) is 0 Å². The van der Waals surface area contributed by atoms with E-state index in [0.29, 0.717) is 6.54 Å². The molecule has 0 aliphatic rings. The van der Waals surface area contributed by atoms with Crippen LogP contribution in [0.3, 0.4) is 0 Å². The number of hydrogen-bond donors (Lipinski definition) is 2. The third-order valence-electron chi connectivity index (χ3n) is 5.53. The van der Waals surface area contributed by atoms with Crippen molar-refractivity contribution in [3.05, 3.63) is 12.2 Å². The van der Waals surface area contributed by atoms with Crippen LogP contribution in [0.4, 0.5) is 0 Å². The minimum Gasteiger partial charge on any atom is -0.550 e. The van der Waals surface area contributed by atoms with Crippen molar-refractivity contribution in [3.63, 3.8) is 0 Å². The van der Waals surface area contributed by atoms with Crippen molar-refractivity contribution in [3.8, 4) is 0 Å². The number of carbonyl (C=O) groups excluding carboxylic acids is 1. The number of carboxylic acid groups (broad SMARTS) is 3. The normalized spacial score (nSPS) is 11.8. The van der Waals surface area contributed by atoms with Crippen molar-refractivity contribution in [2.75, 3.05) is 26.2 Å². The maximum absolute atomic E-state index is 11.0. The Kier molecular flexibility index (Phi) is 16.8. The second kappa shape index (κ2) is 17.9. The van der Waals surface area contributed by atoms with E-state index in [-0.39, 0.29) is 43.4 Å². The van der Waals surface area contributed by atoms with Gasteiger partial charge in [0, 0.05) is 12.4 Å². The van der Waals surface area contributed by atoms with Crippen LogP contribution >= 0.6 is 0 Å². The van der Waals surface area contributed by atoms with E-state index in [0.717, 1.165) is 38.5 Å². The summed E-state index contributed by atoms with van der Waals surface area (Å²) in [7, 11) is 0. The first-order chi connectivity index (χ1) is 14.3. The Morgan fingerprint density at radius 1 is 0.700 bits per heavy atom. The molecule has 0 aromatic carbocycles. The Balaban J connectivity index is 4.36. The summed E-state index contributed by atoms with van der Waals surface area (Å²) in [5.74, 6) is -3.10. The number of aliphatic carboxylic acids is 3. The predicted octanol–water partition coefficient (Wildman–Crippen LogP) is 3.37. The minimum atomic E-state index is -1.19. The van der Waals surface area contributed by atoms with Gasteiger partial charge in [0.1, 0.15) is 0 Å². The van der Waals surface area contributed by atoms with Crippen LogP contribution in [0, 0.1) is 0 Å². The predicted molar refractivity (Wildman–Crippen MR) is 115 cm³/mol. The summed E-state index contributed by atoms with van der Waals surface area (Å²) >= 11 is 0. The lowest BCUT2D eigenvalue weighted by atomic mass is 10.1. The number of quaternary nitrogens is 1. The Morgan fingerprint density at radius 3 is 1.67 bits per heavy atom. The summed E-state index contributed by atoms with van der Waals surface area (Å²) in [6.07, 6.45) is 15.3. The molecule has 0 saturated heterocycles. The lowest BCUT2D eigenvalue weighted by molar-refractivity contribution is -0.927. The highest BCUT2D eigenvalue weighted by Crippen LogP contribution is 2.16. The molecule has 0 atom stereocenters. The molecule has 0 heterocycles. The number of carbonyl (C=O) groups is 3. The highest BCUT2D eigenvalue weighted by molar-refractivity contribution is 5.67. The SMILES string of the molecule is CCCC/C=C/CCCCCCCC[N+](CCC(=O)[O-])(CCC(=O)O)CCC(=O)O. The summed E-state index contributed by atoms with van der Waals surface area (Å²) in [5, 5.41) is 29.0.